The molecule has 0 aliphatic rings. The summed E-state index contributed by atoms with van der Waals surface area (Å²) in [5.74, 6) is 0.843. The van der Waals surface area contributed by atoms with Gasteiger partial charge in [-0.3, -0.25) is 4.79 Å². The summed E-state index contributed by atoms with van der Waals surface area (Å²) in [6, 6.07) is 10.1. The number of hydrogen-bond donors (Lipinski definition) is 0. The lowest BCUT2D eigenvalue weighted by atomic mass is 10.4. The molecule has 0 N–H and O–H groups in total. The van der Waals surface area contributed by atoms with Crippen LogP contribution in [0.3, 0.4) is 0 Å². The zero-order chi connectivity index (χ0) is 12.5. The Morgan fingerprint density at radius 1 is 1.29 bits per heavy atom. The lowest BCUT2D eigenvalue weighted by Crippen LogP contribution is -2.08. The number of esters is 1. The van der Waals surface area contributed by atoms with Crippen LogP contribution in [0.4, 0.5) is 0 Å². The van der Waals surface area contributed by atoms with Crippen LogP contribution in [-0.2, 0) is 9.53 Å². The van der Waals surface area contributed by atoms with Crippen LogP contribution in [0.2, 0.25) is 0 Å². The van der Waals surface area contributed by atoms with Crippen LogP contribution in [0.1, 0.15) is 6.92 Å². The second kappa shape index (κ2) is 8.55. The summed E-state index contributed by atoms with van der Waals surface area (Å²) in [6.07, 6.45) is 0. The molecule has 1 aromatic rings. The molecule has 92 valence electrons. The second-order valence-electron chi connectivity index (χ2n) is 3.07. The van der Waals surface area contributed by atoms with Crippen LogP contribution in [0.15, 0.2) is 35.2 Å². The monoisotopic (exact) mass is 286 g/mol. The van der Waals surface area contributed by atoms with Gasteiger partial charge in [-0.25, -0.2) is 0 Å². The molecule has 0 saturated carbocycles. The van der Waals surface area contributed by atoms with Gasteiger partial charge in [-0.2, -0.15) is 0 Å². The molecule has 0 spiro atoms. The number of hydrogen-bond acceptors (Lipinski definition) is 5. The fourth-order valence-electron chi connectivity index (χ4n) is 1.04. The Labute approximate surface area is 116 Å². The molecule has 17 heavy (non-hydrogen) atoms. The quantitative estimate of drug-likeness (QED) is 0.454. The number of thioether (sulfide) groups is 2. The summed E-state index contributed by atoms with van der Waals surface area (Å²) in [7, 11) is 0. The number of thiocarbonyl (C=S) groups is 1. The van der Waals surface area contributed by atoms with Gasteiger partial charge >= 0.3 is 5.97 Å². The van der Waals surface area contributed by atoms with E-state index in [4.69, 9.17) is 17.0 Å². The van der Waals surface area contributed by atoms with Crippen molar-refractivity contribution in [2.45, 2.75) is 11.8 Å². The van der Waals surface area contributed by atoms with E-state index in [2.05, 4.69) is 0 Å². The van der Waals surface area contributed by atoms with E-state index in [1.54, 1.807) is 18.7 Å². The Morgan fingerprint density at radius 2 is 2.00 bits per heavy atom. The van der Waals surface area contributed by atoms with Gasteiger partial charge in [-0.15, -0.1) is 23.5 Å². The highest BCUT2D eigenvalue weighted by atomic mass is 32.2. The molecule has 2 nitrogen and oxygen atoms in total. The van der Waals surface area contributed by atoms with Crippen molar-refractivity contribution in [2.75, 3.05) is 18.1 Å². The van der Waals surface area contributed by atoms with Gasteiger partial charge in [0.2, 0.25) is 0 Å². The van der Waals surface area contributed by atoms with E-state index in [0.29, 0.717) is 12.4 Å². The normalized spacial score (nSPS) is 9.94. The van der Waals surface area contributed by atoms with Gasteiger partial charge in [0.15, 0.2) is 0 Å². The molecule has 1 rings (SSSR count). The minimum absolute atomic E-state index is 0.204. The molecule has 0 atom stereocenters. The van der Waals surface area contributed by atoms with Crippen molar-refractivity contribution in [1.29, 1.82) is 0 Å². The summed E-state index contributed by atoms with van der Waals surface area (Å²) < 4.78 is 5.65. The molecule has 5 heteroatoms. The lowest BCUT2D eigenvalue weighted by Gasteiger charge is -2.03. The minimum atomic E-state index is -0.204. The maximum Gasteiger partial charge on any atom is 0.316 e. The number of benzene rings is 1. The molecule has 1 aromatic carbocycles. The van der Waals surface area contributed by atoms with Crippen molar-refractivity contribution >= 4 is 45.9 Å². The molecule has 0 aliphatic heterocycles. The maximum absolute atomic E-state index is 11.1. The lowest BCUT2D eigenvalue weighted by molar-refractivity contribution is -0.139. The average Bonchev–Trinajstić information content (AvgIpc) is 2.35. The molecule has 0 fully saturated rings. The highest BCUT2D eigenvalue weighted by Gasteiger charge is 2.05. The van der Waals surface area contributed by atoms with Crippen LogP contribution in [0.25, 0.3) is 0 Å². The molecule has 0 aromatic heterocycles. The smallest absolute Gasteiger partial charge is 0.316 e. The number of ether oxygens (including phenoxy) is 1. The topological polar surface area (TPSA) is 26.3 Å². The van der Waals surface area contributed by atoms with Gasteiger partial charge in [-0.1, -0.05) is 30.4 Å². The molecule has 0 amide bonds. The third-order valence-electron chi connectivity index (χ3n) is 1.76. The SMILES string of the molecule is CCOC(=O)CSC(=S)CSc1ccccc1. The number of carbonyl (C=O) groups is 1. The van der Waals surface area contributed by atoms with Crippen molar-refractivity contribution in [2.24, 2.45) is 0 Å². The maximum atomic E-state index is 11.1. The first-order valence-electron chi connectivity index (χ1n) is 5.21. The summed E-state index contributed by atoms with van der Waals surface area (Å²) in [5, 5.41) is 0. The van der Waals surface area contributed by atoms with Gasteiger partial charge in [0.25, 0.3) is 0 Å². The first-order valence-corrected chi connectivity index (χ1v) is 7.59. The van der Waals surface area contributed by atoms with Gasteiger partial charge in [-0.05, 0) is 19.1 Å². The van der Waals surface area contributed by atoms with Crippen molar-refractivity contribution in [3.05, 3.63) is 30.3 Å². The van der Waals surface area contributed by atoms with Crippen LogP contribution >= 0.6 is 35.7 Å². The van der Waals surface area contributed by atoms with Crippen molar-refractivity contribution < 1.29 is 9.53 Å². The third-order valence-corrected chi connectivity index (χ3v) is 4.50. The summed E-state index contributed by atoms with van der Waals surface area (Å²) in [4.78, 5) is 12.3. The van der Waals surface area contributed by atoms with Crippen molar-refractivity contribution in [3.63, 3.8) is 0 Å². The van der Waals surface area contributed by atoms with Crippen LogP contribution in [0, 0.1) is 0 Å². The van der Waals surface area contributed by atoms with E-state index >= 15 is 0 Å². The zero-order valence-electron chi connectivity index (χ0n) is 9.55. The van der Waals surface area contributed by atoms with Gasteiger partial charge in [0, 0.05) is 10.6 Å². The predicted molar refractivity (Wildman–Crippen MR) is 78.9 cm³/mol. The Morgan fingerprint density at radius 3 is 2.65 bits per heavy atom. The Hall–Kier alpha value is -0.520. The summed E-state index contributed by atoms with van der Waals surface area (Å²) in [6.45, 7) is 2.22. The van der Waals surface area contributed by atoms with Gasteiger partial charge in [0.1, 0.15) is 0 Å². The molecule has 0 heterocycles. The van der Waals surface area contributed by atoms with E-state index in [1.165, 1.54) is 16.7 Å². The van der Waals surface area contributed by atoms with E-state index in [1.807, 2.05) is 30.3 Å². The van der Waals surface area contributed by atoms with E-state index < -0.39 is 0 Å². The summed E-state index contributed by atoms with van der Waals surface area (Å²) >= 11 is 8.25. The summed E-state index contributed by atoms with van der Waals surface area (Å²) in [5.41, 5.74) is 0. The highest BCUT2D eigenvalue weighted by molar-refractivity contribution is 8.25. The van der Waals surface area contributed by atoms with Crippen molar-refractivity contribution in [3.8, 4) is 0 Å². The standard InChI is InChI=1S/C12H14O2S3/c1-2-14-11(13)8-17-12(15)9-16-10-6-4-3-5-7-10/h3-7H,2,8-9H2,1H3. The molecule has 0 aliphatic carbocycles. The fourth-order valence-corrected chi connectivity index (χ4v) is 2.90. The third kappa shape index (κ3) is 6.71. The second-order valence-corrected chi connectivity index (χ2v) is 5.94. The van der Waals surface area contributed by atoms with E-state index in [9.17, 15) is 4.79 Å². The van der Waals surface area contributed by atoms with E-state index in [-0.39, 0.29) is 5.97 Å². The highest BCUT2D eigenvalue weighted by Crippen LogP contribution is 2.20. The first-order chi connectivity index (χ1) is 8.22. The van der Waals surface area contributed by atoms with Crippen LogP contribution < -0.4 is 0 Å². The fraction of sp³-hybridized carbons (Fsp3) is 0.333. The molecular weight excluding hydrogens is 272 g/mol. The van der Waals surface area contributed by atoms with Crippen LogP contribution in [0.5, 0.6) is 0 Å². The molecule has 0 radical (unpaired) electrons. The average molecular weight is 286 g/mol. The number of carbonyl (C=O) groups excluding carboxylic acids is 1. The Balaban J connectivity index is 2.20. The van der Waals surface area contributed by atoms with Gasteiger partial charge in [0.05, 0.1) is 16.6 Å². The largest absolute Gasteiger partial charge is 0.465 e. The van der Waals surface area contributed by atoms with Gasteiger partial charge < -0.3 is 4.74 Å². The molecule has 0 saturated heterocycles. The minimum Gasteiger partial charge on any atom is -0.465 e. The first kappa shape index (κ1) is 14.5. The zero-order valence-corrected chi connectivity index (χ0v) is 12.0. The Kier molecular flexibility index (Phi) is 7.32. The molecule has 0 bridgehead atoms. The number of rotatable bonds is 6. The van der Waals surface area contributed by atoms with Crippen molar-refractivity contribution in [1.82, 2.24) is 0 Å². The predicted octanol–water partition coefficient (Wildman–Crippen LogP) is 3.40. The molecule has 0 unspecified atom stereocenters. The van der Waals surface area contributed by atoms with E-state index in [0.717, 1.165) is 9.95 Å². The molecular formula is C12H14O2S3. The van der Waals surface area contributed by atoms with Crippen LogP contribution in [-0.4, -0.2) is 28.3 Å². The Bertz CT molecular complexity index is 365.